The number of carbonyl (C=O) groups excluding carboxylic acids is 1. The Morgan fingerprint density at radius 3 is 2.79 bits per heavy atom. The van der Waals surface area contributed by atoms with Gasteiger partial charge in [-0.15, -0.1) is 0 Å². The summed E-state index contributed by atoms with van der Waals surface area (Å²) in [6.45, 7) is 2.41. The Morgan fingerprint density at radius 2 is 2.05 bits per heavy atom. The van der Waals surface area contributed by atoms with Gasteiger partial charge in [0.2, 0.25) is 5.91 Å². The molecule has 1 aromatic carbocycles. The van der Waals surface area contributed by atoms with Gasteiger partial charge in [0.25, 0.3) is 0 Å². The van der Waals surface area contributed by atoms with Crippen molar-refractivity contribution in [2.24, 2.45) is 0 Å². The molecule has 0 aliphatic carbocycles. The van der Waals surface area contributed by atoms with Gasteiger partial charge in [0.1, 0.15) is 0 Å². The van der Waals surface area contributed by atoms with Gasteiger partial charge in [-0.25, -0.2) is 0 Å². The highest BCUT2D eigenvalue weighted by atomic mass is 16.4. The smallest absolute Gasteiger partial charge is 0.303 e. The maximum absolute atomic E-state index is 11.4. The monoisotopic (exact) mass is 260 g/mol. The molecule has 0 spiro atoms. The van der Waals surface area contributed by atoms with E-state index in [1.165, 1.54) is 5.56 Å². The SMILES string of the molecule is Cc1ccc2[nH]c(CNC(=O)CCC(=O)O)cc2c1. The number of carbonyl (C=O) groups is 2. The van der Waals surface area contributed by atoms with Crippen LogP contribution in [0.3, 0.4) is 0 Å². The Bertz CT molecular complexity index is 616. The van der Waals surface area contributed by atoms with Crippen LogP contribution in [0.15, 0.2) is 24.3 Å². The van der Waals surface area contributed by atoms with Gasteiger partial charge >= 0.3 is 5.97 Å². The van der Waals surface area contributed by atoms with Crippen LogP contribution in [0.2, 0.25) is 0 Å². The van der Waals surface area contributed by atoms with Gasteiger partial charge in [-0.05, 0) is 30.5 Å². The third kappa shape index (κ3) is 3.58. The topological polar surface area (TPSA) is 82.2 Å². The minimum absolute atomic E-state index is 0.00860. The molecule has 0 unspecified atom stereocenters. The summed E-state index contributed by atoms with van der Waals surface area (Å²) in [5, 5.41) is 12.3. The lowest BCUT2D eigenvalue weighted by atomic mass is 10.2. The predicted molar refractivity (Wildman–Crippen MR) is 71.8 cm³/mol. The second-order valence-electron chi connectivity index (χ2n) is 4.56. The summed E-state index contributed by atoms with van der Waals surface area (Å²) in [5.41, 5.74) is 3.12. The van der Waals surface area contributed by atoms with E-state index in [1.54, 1.807) is 0 Å². The number of amides is 1. The van der Waals surface area contributed by atoms with Crippen LogP contribution in [0.25, 0.3) is 10.9 Å². The van der Waals surface area contributed by atoms with Crippen molar-refractivity contribution in [2.45, 2.75) is 26.3 Å². The maximum Gasteiger partial charge on any atom is 0.303 e. The first kappa shape index (κ1) is 13.1. The van der Waals surface area contributed by atoms with Crippen LogP contribution >= 0.6 is 0 Å². The van der Waals surface area contributed by atoms with E-state index in [1.807, 2.05) is 25.1 Å². The minimum atomic E-state index is -0.962. The number of aromatic amines is 1. The number of rotatable bonds is 5. The zero-order valence-corrected chi connectivity index (χ0v) is 10.7. The average Bonchev–Trinajstić information content (AvgIpc) is 2.75. The molecule has 0 aliphatic rings. The van der Waals surface area contributed by atoms with Crippen molar-refractivity contribution in [1.82, 2.24) is 10.3 Å². The highest BCUT2D eigenvalue weighted by Crippen LogP contribution is 2.16. The molecule has 0 saturated heterocycles. The van der Waals surface area contributed by atoms with Crippen molar-refractivity contribution in [3.8, 4) is 0 Å². The third-order valence-corrected chi connectivity index (χ3v) is 2.87. The zero-order valence-electron chi connectivity index (χ0n) is 10.7. The number of benzene rings is 1. The Morgan fingerprint density at radius 1 is 1.26 bits per heavy atom. The molecule has 100 valence electrons. The Balaban J connectivity index is 1.94. The van der Waals surface area contributed by atoms with Crippen molar-refractivity contribution < 1.29 is 14.7 Å². The van der Waals surface area contributed by atoms with Crippen LogP contribution in [0, 0.1) is 6.92 Å². The molecule has 5 nitrogen and oxygen atoms in total. The molecule has 1 amide bonds. The molecule has 5 heteroatoms. The second-order valence-corrected chi connectivity index (χ2v) is 4.56. The molecule has 0 saturated carbocycles. The van der Waals surface area contributed by atoms with Crippen LogP contribution in [-0.4, -0.2) is 22.0 Å². The number of aryl methyl sites for hydroxylation is 1. The first-order chi connectivity index (χ1) is 9.04. The fraction of sp³-hybridized carbons (Fsp3) is 0.286. The third-order valence-electron chi connectivity index (χ3n) is 2.87. The molecule has 0 aliphatic heterocycles. The molecule has 19 heavy (non-hydrogen) atoms. The molecular weight excluding hydrogens is 244 g/mol. The van der Waals surface area contributed by atoms with Crippen LogP contribution < -0.4 is 5.32 Å². The van der Waals surface area contributed by atoms with E-state index >= 15 is 0 Å². The fourth-order valence-electron chi connectivity index (χ4n) is 1.91. The summed E-state index contributed by atoms with van der Waals surface area (Å²) in [4.78, 5) is 25.0. The van der Waals surface area contributed by atoms with Gasteiger partial charge in [-0.1, -0.05) is 11.6 Å². The number of aliphatic carboxylic acids is 1. The lowest BCUT2D eigenvalue weighted by Gasteiger charge is -2.01. The molecule has 3 N–H and O–H groups in total. The molecule has 0 atom stereocenters. The summed E-state index contributed by atoms with van der Waals surface area (Å²) >= 11 is 0. The summed E-state index contributed by atoms with van der Waals surface area (Å²) in [6, 6.07) is 8.08. The normalized spacial score (nSPS) is 10.6. The standard InChI is InChI=1S/C14H16N2O3/c1-9-2-3-12-10(6-9)7-11(16-12)8-15-13(17)4-5-14(18)19/h2-3,6-7,16H,4-5,8H2,1H3,(H,15,17)(H,18,19). The highest BCUT2D eigenvalue weighted by molar-refractivity contribution is 5.82. The minimum Gasteiger partial charge on any atom is -0.481 e. The zero-order chi connectivity index (χ0) is 13.8. The average molecular weight is 260 g/mol. The second kappa shape index (κ2) is 5.56. The van der Waals surface area contributed by atoms with E-state index in [-0.39, 0.29) is 18.7 Å². The first-order valence-corrected chi connectivity index (χ1v) is 6.11. The van der Waals surface area contributed by atoms with Gasteiger partial charge in [0.15, 0.2) is 0 Å². The summed E-state index contributed by atoms with van der Waals surface area (Å²) < 4.78 is 0. The van der Waals surface area contributed by atoms with Crippen LogP contribution in [0.1, 0.15) is 24.1 Å². The number of H-pyrrole nitrogens is 1. The lowest BCUT2D eigenvalue weighted by molar-refractivity contribution is -0.138. The van der Waals surface area contributed by atoms with E-state index < -0.39 is 5.97 Å². The summed E-state index contributed by atoms with van der Waals surface area (Å²) in [5.74, 6) is -1.21. The van der Waals surface area contributed by atoms with E-state index in [0.29, 0.717) is 6.54 Å². The number of hydrogen-bond acceptors (Lipinski definition) is 2. The molecule has 2 rings (SSSR count). The van der Waals surface area contributed by atoms with Gasteiger partial charge in [0, 0.05) is 17.6 Å². The lowest BCUT2D eigenvalue weighted by Crippen LogP contribution is -2.23. The number of hydrogen-bond donors (Lipinski definition) is 3. The highest BCUT2D eigenvalue weighted by Gasteiger charge is 2.06. The van der Waals surface area contributed by atoms with Gasteiger partial charge < -0.3 is 15.4 Å². The summed E-state index contributed by atoms with van der Waals surface area (Å²) in [6.07, 6.45) is -0.133. The Hall–Kier alpha value is -2.30. The largest absolute Gasteiger partial charge is 0.481 e. The maximum atomic E-state index is 11.4. The Kier molecular flexibility index (Phi) is 3.85. The molecule has 1 aromatic heterocycles. The predicted octanol–water partition coefficient (Wildman–Crippen LogP) is 1.96. The van der Waals surface area contributed by atoms with Crippen molar-refractivity contribution in [3.63, 3.8) is 0 Å². The van der Waals surface area contributed by atoms with Crippen LogP contribution in [0.5, 0.6) is 0 Å². The van der Waals surface area contributed by atoms with Crippen molar-refractivity contribution in [2.75, 3.05) is 0 Å². The van der Waals surface area contributed by atoms with E-state index in [4.69, 9.17) is 5.11 Å². The molecule has 1 heterocycles. The number of aromatic nitrogens is 1. The van der Waals surface area contributed by atoms with E-state index in [0.717, 1.165) is 16.6 Å². The fourth-order valence-corrected chi connectivity index (χ4v) is 1.91. The quantitative estimate of drug-likeness (QED) is 0.768. The van der Waals surface area contributed by atoms with Crippen LogP contribution in [0.4, 0.5) is 0 Å². The van der Waals surface area contributed by atoms with Crippen LogP contribution in [-0.2, 0) is 16.1 Å². The van der Waals surface area contributed by atoms with E-state index in [2.05, 4.69) is 16.4 Å². The molecular formula is C14H16N2O3. The van der Waals surface area contributed by atoms with Gasteiger partial charge in [-0.3, -0.25) is 9.59 Å². The Labute approximate surface area is 110 Å². The number of carboxylic acids is 1. The molecule has 0 bridgehead atoms. The van der Waals surface area contributed by atoms with Gasteiger partial charge in [0.05, 0.1) is 13.0 Å². The van der Waals surface area contributed by atoms with Crippen molar-refractivity contribution >= 4 is 22.8 Å². The molecule has 0 fully saturated rings. The molecule has 2 aromatic rings. The number of fused-ring (bicyclic) bond motifs is 1. The molecule has 0 radical (unpaired) electrons. The van der Waals surface area contributed by atoms with E-state index in [9.17, 15) is 9.59 Å². The number of carboxylic acid groups (broad SMARTS) is 1. The first-order valence-electron chi connectivity index (χ1n) is 6.11. The van der Waals surface area contributed by atoms with Gasteiger partial charge in [-0.2, -0.15) is 0 Å². The summed E-state index contributed by atoms with van der Waals surface area (Å²) in [7, 11) is 0. The van der Waals surface area contributed by atoms with Crippen molar-refractivity contribution in [3.05, 3.63) is 35.5 Å². The van der Waals surface area contributed by atoms with Crippen molar-refractivity contribution in [1.29, 1.82) is 0 Å². The number of nitrogens with one attached hydrogen (secondary N) is 2.